The summed E-state index contributed by atoms with van der Waals surface area (Å²) < 4.78 is 39.1. The van der Waals surface area contributed by atoms with Gasteiger partial charge < -0.3 is 19.8 Å². The van der Waals surface area contributed by atoms with Gasteiger partial charge in [-0.1, -0.05) is 32.1 Å². The molecule has 2 aromatic rings. The zero-order valence-electron chi connectivity index (χ0n) is 30.0. The van der Waals surface area contributed by atoms with E-state index < -0.39 is 32.9 Å². The fourth-order valence-electron chi connectivity index (χ4n) is 6.96. The first-order valence-corrected chi connectivity index (χ1v) is 18.9. The number of nitrogens with zero attached hydrogens (tertiary/aromatic N) is 2. The number of aromatic carboxylic acids is 2. The van der Waals surface area contributed by atoms with Gasteiger partial charge >= 0.3 is 17.9 Å². The molecule has 0 bridgehead atoms. The summed E-state index contributed by atoms with van der Waals surface area (Å²) in [6.45, 7) is 11.5. The van der Waals surface area contributed by atoms with Crippen molar-refractivity contribution in [2.24, 2.45) is 0 Å². The average molecular weight is 722 g/mol. The number of allylic oxidation sites excluding steroid dienone is 6. The molecule has 0 radical (unpaired) electrons. The highest BCUT2D eigenvalue weighted by atomic mass is 32.2. The Morgan fingerprint density at radius 3 is 2.16 bits per heavy atom. The third-order valence-electron chi connectivity index (χ3n) is 9.61. The molecule has 0 spiro atoms. The van der Waals surface area contributed by atoms with Gasteiger partial charge in [0, 0.05) is 53.9 Å². The SMILES string of the molecule is CCOC(=O)CCCCC[N+]1=C(C=CC=CC=C2N(CCCCS(=O)(=O)O)c3ccc(C(=O)O)cc3C2(C)C)C(C)(C)c2cc(C(=O)O)ccc21. The maximum atomic E-state index is 11.8. The van der Waals surface area contributed by atoms with Gasteiger partial charge in [0.05, 0.1) is 28.9 Å². The number of fused-ring (bicyclic) bond motifs is 2. The van der Waals surface area contributed by atoms with Crippen LogP contribution < -0.4 is 4.90 Å². The lowest BCUT2D eigenvalue weighted by molar-refractivity contribution is -0.438. The van der Waals surface area contributed by atoms with E-state index in [9.17, 15) is 37.6 Å². The Balaban J connectivity index is 1.61. The van der Waals surface area contributed by atoms with Crippen molar-refractivity contribution >= 4 is 45.1 Å². The number of anilines is 1. The van der Waals surface area contributed by atoms with Gasteiger partial charge in [-0.3, -0.25) is 9.35 Å². The molecule has 11 nitrogen and oxygen atoms in total. The molecule has 274 valence electrons. The lowest BCUT2D eigenvalue weighted by Gasteiger charge is -2.27. The van der Waals surface area contributed by atoms with E-state index in [0.29, 0.717) is 32.5 Å². The zero-order chi connectivity index (χ0) is 37.6. The maximum Gasteiger partial charge on any atom is 0.335 e. The third kappa shape index (κ3) is 9.22. The van der Waals surface area contributed by atoms with Crippen LogP contribution in [0.2, 0.25) is 0 Å². The van der Waals surface area contributed by atoms with Gasteiger partial charge in [0.1, 0.15) is 6.54 Å². The highest BCUT2D eigenvalue weighted by molar-refractivity contribution is 7.85. The smallest absolute Gasteiger partial charge is 0.335 e. The second-order valence-corrected chi connectivity index (χ2v) is 15.5. The number of carbonyl (C=O) groups is 3. The standard InChI is InChI=1S/C39H48N2O9S/c1-6-50-35(42)17-11-8-12-22-40-31-20-18-27(36(43)44)25-29(31)38(2,3)33(40)15-9-7-10-16-34-39(4,5)30-26-28(37(45)46)19-21-32(30)41(34)23-13-14-24-51(47,48)49/h7,9-10,15-16,18-21,25-26H,6,8,11-14,17,22-24H2,1-5H3,(H2-,43,44,45,46,47,48,49)/p+1. The highest BCUT2D eigenvalue weighted by Crippen LogP contribution is 2.48. The summed E-state index contributed by atoms with van der Waals surface area (Å²) >= 11 is 0. The second kappa shape index (κ2) is 16.2. The third-order valence-corrected chi connectivity index (χ3v) is 10.4. The Bertz CT molecular complexity index is 1900. The van der Waals surface area contributed by atoms with E-state index in [1.807, 2.05) is 50.3 Å². The lowest BCUT2D eigenvalue weighted by Crippen LogP contribution is -2.28. The molecule has 0 fully saturated rings. The van der Waals surface area contributed by atoms with Crippen LogP contribution in [0.1, 0.15) is 105 Å². The van der Waals surface area contributed by atoms with E-state index in [1.165, 1.54) is 0 Å². The fourth-order valence-corrected chi connectivity index (χ4v) is 7.53. The van der Waals surface area contributed by atoms with Crippen molar-refractivity contribution in [3.8, 4) is 0 Å². The topological polar surface area (TPSA) is 162 Å². The molecule has 0 saturated carbocycles. The van der Waals surface area contributed by atoms with Crippen molar-refractivity contribution in [2.45, 2.75) is 84.0 Å². The number of unbranched alkanes of at least 4 members (excludes halogenated alkanes) is 3. The van der Waals surface area contributed by atoms with Crippen LogP contribution in [0, 0.1) is 0 Å². The first-order chi connectivity index (χ1) is 24.0. The summed E-state index contributed by atoms with van der Waals surface area (Å²) in [6.07, 6.45) is 13.3. The van der Waals surface area contributed by atoms with E-state index in [1.54, 1.807) is 37.3 Å². The van der Waals surface area contributed by atoms with Crippen molar-refractivity contribution in [3.63, 3.8) is 0 Å². The molecule has 0 aromatic heterocycles. The van der Waals surface area contributed by atoms with Crippen molar-refractivity contribution in [1.82, 2.24) is 0 Å². The van der Waals surface area contributed by atoms with Crippen LogP contribution in [0.4, 0.5) is 11.4 Å². The van der Waals surface area contributed by atoms with E-state index in [-0.39, 0.29) is 29.3 Å². The molecule has 0 saturated heterocycles. The number of hydrogen-bond donors (Lipinski definition) is 3. The molecular formula is C39H49N2O9S+. The Kier molecular flexibility index (Phi) is 12.5. The quantitative estimate of drug-likeness (QED) is 0.0508. The molecule has 12 heteroatoms. The van der Waals surface area contributed by atoms with Crippen LogP contribution >= 0.6 is 0 Å². The van der Waals surface area contributed by atoms with Gasteiger partial charge in [-0.25, -0.2) is 9.59 Å². The number of carbonyl (C=O) groups excluding carboxylic acids is 1. The monoisotopic (exact) mass is 721 g/mol. The van der Waals surface area contributed by atoms with Gasteiger partial charge in [0.25, 0.3) is 10.1 Å². The van der Waals surface area contributed by atoms with Gasteiger partial charge in [0.2, 0.25) is 5.69 Å². The minimum absolute atomic E-state index is 0.184. The molecule has 3 N–H and O–H groups in total. The molecule has 4 rings (SSSR count). The number of ether oxygens (including phenoxy) is 1. The first kappa shape index (κ1) is 39.2. The van der Waals surface area contributed by atoms with E-state index in [4.69, 9.17) is 4.74 Å². The van der Waals surface area contributed by atoms with E-state index in [0.717, 1.165) is 53.2 Å². The van der Waals surface area contributed by atoms with Crippen LogP contribution in [-0.2, 0) is 30.5 Å². The predicted molar refractivity (Wildman–Crippen MR) is 197 cm³/mol. The summed E-state index contributed by atoms with van der Waals surface area (Å²) in [5.74, 6) is -2.53. The van der Waals surface area contributed by atoms with Crippen LogP contribution in [-0.4, -0.2) is 76.8 Å². The van der Waals surface area contributed by atoms with Gasteiger partial charge in [-0.15, -0.1) is 0 Å². The summed E-state index contributed by atoms with van der Waals surface area (Å²) in [5.41, 5.74) is 4.90. The maximum absolute atomic E-state index is 11.8. The summed E-state index contributed by atoms with van der Waals surface area (Å²) in [4.78, 5) is 37.5. The molecule has 2 heterocycles. The van der Waals surface area contributed by atoms with Crippen LogP contribution in [0.15, 0.2) is 72.5 Å². The molecule has 0 aliphatic carbocycles. The van der Waals surface area contributed by atoms with Gasteiger partial charge in [-0.05, 0) is 88.4 Å². The summed E-state index contributed by atoms with van der Waals surface area (Å²) in [7, 11) is -4.07. The second-order valence-electron chi connectivity index (χ2n) is 13.9. The molecular weight excluding hydrogens is 673 g/mol. The summed E-state index contributed by atoms with van der Waals surface area (Å²) in [5, 5.41) is 19.3. The van der Waals surface area contributed by atoms with Crippen LogP contribution in [0.5, 0.6) is 0 Å². The zero-order valence-corrected chi connectivity index (χ0v) is 30.8. The number of benzene rings is 2. The Hall–Kier alpha value is -4.55. The van der Waals surface area contributed by atoms with Crippen molar-refractivity contribution in [2.75, 3.05) is 30.3 Å². The Labute approximate surface area is 300 Å². The molecule has 51 heavy (non-hydrogen) atoms. The summed E-state index contributed by atoms with van der Waals surface area (Å²) in [6, 6.07) is 10.3. The normalized spacial score (nSPS) is 17.1. The Morgan fingerprint density at radius 2 is 1.51 bits per heavy atom. The average Bonchev–Trinajstić information content (AvgIpc) is 3.40. The van der Waals surface area contributed by atoms with E-state index in [2.05, 4.69) is 23.3 Å². The van der Waals surface area contributed by atoms with Gasteiger partial charge in [0.15, 0.2) is 5.71 Å². The fraction of sp³-hybridized carbons (Fsp3) is 0.436. The molecule has 2 aromatic carbocycles. The van der Waals surface area contributed by atoms with E-state index >= 15 is 0 Å². The van der Waals surface area contributed by atoms with Crippen molar-refractivity contribution < 1.29 is 46.9 Å². The minimum Gasteiger partial charge on any atom is -0.478 e. The molecule has 2 aliphatic heterocycles. The molecule has 0 atom stereocenters. The number of esters is 1. The Morgan fingerprint density at radius 1 is 0.843 bits per heavy atom. The number of hydrogen-bond acceptors (Lipinski definition) is 7. The van der Waals surface area contributed by atoms with Crippen LogP contribution in [0.25, 0.3) is 0 Å². The molecule has 0 amide bonds. The number of carboxylic acid groups (broad SMARTS) is 2. The van der Waals surface area contributed by atoms with Crippen LogP contribution in [0.3, 0.4) is 0 Å². The predicted octanol–water partition coefficient (Wildman–Crippen LogP) is 7.04. The molecule has 2 aliphatic rings. The largest absolute Gasteiger partial charge is 0.478 e. The molecule has 0 unspecified atom stereocenters. The number of rotatable bonds is 17. The first-order valence-electron chi connectivity index (χ1n) is 17.3. The number of carboxylic acids is 2. The lowest BCUT2D eigenvalue weighted by atomic mass is 9.81. The minimum atomic E-state index is -4.07. The van der Waals surface area contributed by atoms with Crippen molar-refractivity contribution in [3.05, 3.63) is 94.7 Å². The highest BCUT2D eigenvalue weighted by Gasteiger charge is 2.44. The van der Waals surface area contributed by atoms with Gasteiger partial charge in [-0.2, -0.15) is 13.0 Å². The van der Waals surface area contributed by atoms with Crippen molar-refractivity contribution in [1.29, 1.82) is 0 Å².